The average molecular weight is 210 g/mol. The summed E-state index contributed by atoms with van der Waals surface area (Å²) in [6.45, 7) is 2.25. The summed E-state index contributed by atoms with van der Waals surface area (Å²) in [5, 5.41) is 0. The smallest absolute Gasteiger partial charge is 0.00892 e. The van der Waals surface area contributed by atoms with Crippen molar-refractivity contribution in [1.82, 2.24) is 0 Å². The third-order valence-electron chi connectivity index (χ3n) is 2.98. The molecule has 0 radical (unpaired) electrons. The van der Waals surface area contributed by atoms with Gasteiger partial charge in [0.25, 0.3) is 0 Å². The van der Waals surface area contributed by atoms with Crippen LogP contribution in [-0.2, 0) is 0 Å². The minimum absolute atomic E-state index is 0.549. The lowest BCUT2D eigenvalue weighted by molar-refractivity contribution is 0.698. The van der Waals surface area contributed by atoms with E-state index >= 15 is 0 Å². The van der Waals surface area contributed by atoms with Gasteiger partial charge in [0.05, 0.1) is 0 Å². The lowest BCUT2D eigenvalue weighted by Crippen LogP contribution is -2.00. The van der Waals surface area contributed by atoms with Crippen molar-refractivity contribution < 1.29 is 0 Å². The Morgan fingerprint density at radius 3 is 1.56 bits per heavy atom. The molecule has 0 bridgehead atoms. The molecule has 0 heterocycles. The maximum Gasteiger partial charge on any atom is 0.00892 e. The molecule has 82 valence electrons. The SMILES string of the molecule is CCCC(c1ccccc1)c1ccccc1. The molecule has 0 amide bonds. The number of rotatable bonds is 4. The Morgan fingerprint density at radius 1 is 0.750 bits per heavy atom. The minimum atomic E-state index is 0.549. The van der Waals surface area contributed by atoms with Crippen LogP contribution in [-0.4, -0.2) is 0 Å². The van der Waals surface area contributed by atoms with Crippen molar-refractivity contribution >= 4 is 0 Å². The van der Waals surface area contributed by atoms with Crippen LogP contribution in [0.25, 0.3) is 0 Å². The third-order valence-corrected chi connectivity index (χ3v) is 2.98. The van der Waals surface area contributed by atoms with Crippen LogP contribution in [0.5, 0.6) is 0 Å². The predicted octanol–water partition coefficient (Wildman–Crippen LogP) is 4.62. The van der Waals surface area contributed by atoms with Crippen molar-refractivity contribution in [2.75, 3.05) is 0 Å². The van der Waals surface area contributed by atoms with Crippen molar-refractivity contribution in [3.05, 3.63) is 71.8 Å². The average Bonchev–Trinajstić information content (AvgIpc) is 2.38. The summed E-state index contributed by atoms with van der Waals surface area (Å²) in [5.74, 6) is 0.549. The van der Waals surface area contributed by atoms with Gasteiger partial charge in [0.1, 0.15) is 0 Å². The molecule has 16 heavy (non-hydrogen) atoms. The molecule has 0 aliphatic carbocycles. The van der Waals surface area contributed by atoms with Crippen LogP contribution >= 0.6 is 0 Å². The zero-order chi connectivity index (χ0) is 11.2. The summed E-state index contributed by atoms with van der Waals surface area (Å²) in [4.78, 5) is 0. The monoisotopic (exact) mass is 210 g/mol. The summed E-state index contributed by atoms with van der Waals surface area (Å²) in [6, 6.07) is 21.6. The second-order valence-electron chi connectivity index (χ2n) is 4.16. The lowest BCUT2D eigenvalue weighted by Gasteiger charge is -2.17. The molecule has 0 fully saturated rings. The van der Waals surface area contributed by atoms with Crippen LogP contribution in [0.1, 0.15) is 36.8 Å². The first kappa shape index (κ1) is 10.9. The van der Waals surface area contributed by atoms with Crippen molar-refractivity contribution in [3.8, 4) is 0 Å². The van der Waals surface area contributed by atoms with Crippen molar-refractivity contribution in [2.24, 2.45) is 0 Å². The van der Waals surface area contributed by atoms with Gasteiger partial charge >= 0.3 is 0 Å². The van der Waals surface area contributed by atoms with Gasteiger partial charge in [-0.25, -0.2) is 0 Å². The Balaban J connectivity index is 2.31. The van der Waals surface area contributed by atoms with E-state index in [1.165, 1.54) is 24.0 Å². The third kappa shape index (κ3) is 2.52. The number of hydrogen-bond donors (Lipinski definition) is 0. The fraction of sp³-hybridized carbons (Fsp3) is 0.250. The second-order valence-corrected chi connectivity index (χ2v) is 4.16. The van der Waals surface area contributed by atoms with E-state index in [-0.39, 0.29) is 0 Å². The van der Waals surface area contributed by atoms with Crippen LogP contribution in [0.4, 0.5) is 0 Å². The topological polar surface area (TPSA) is 0 Å². The highest BCUT2D eigenvalue weighted by atomic mass is 14.2. The van der Waals surface area contributed by atoms with Gasteiger partial charge in [0.2, 0.25) is 0 Å². The first-order valence-electron chi connectivity index (χ1n) is 6.01. The first-order valence-corrected chi connectivity index (χ1v) is 6.01. The van der Waals surface area contributed by atoms with E-state index in [0.29, 0.717) is 5.92 Å². The Kier molecular flexibility index (Phi) is 3.76. The molecule has 0 atom stereocenters. The molecule has 0 nitrogen and oxygen atoms in total. The Labute approximate surface area is 97.9 Å². The van der Waals surface area contributed by atoms with Gasteiger partial charge < -0.3 is 0 Å². The van der Waals surface area contributed by atoms with Crippen molar-refractivity contribution in [2.45, 2.75) is 25.7 Å². The zero-order valence-corrected chi connectivity index (χ0v) is 9.77. The van der Waals surface area contributed by atoms with Crippen LogP contribution in [0, 0.1) is 0 Å². The molecule has 0 saturated heterocycles. The lowest BCUT2D eigenvalue weighted by atomic mass is 9.88. The van der Waals surface area contributed by atoms with Crippen LogP contribution < -0.4 is 0 Å². The molecular formula is C16H18. The maximum atomic E-state index is 2.25. The van der Waals surface area contributed by atoms with Gasteiger partial charge in [0, 0.05) is 5.92 Å². The molecule has 0 heteroatoms. The molecule has 0 aliphatic heterocycles. The van der Waals surface area contributed by atoms with Gasteiger partial charge in [-0.15, -0.1) is 0 Å². The molecule has 2 aromatic rings. The zero-order valence-electron chi connectivity index (χ0n) is 9.77. The Bertz CT molecular complexity index is 363. The summed E-state index contributed by atoms with van der Waals surface area (Å²) in [7, 11) is 0. The van der Waals surface area contributed by atoms with Gasteiger partial charge in [-0.1, -0.05) is 74.0 Å². The van der Waals surface area contributed by atoms with E-state index in [2.05, 4.69) is 67.6 Å². The Morgan fingerprint density at radius 2 is 1.19 bits per heavy atom. The van der Waals surface area contributed by atoms with Crippen molar-refractivity contribution in [1.29, 1.82) is 0 Å². The Hall–Kier alpha value is -1.56. The highest BCUT2D eigenvalue weighted by Gasteiger charge is 2.11. The van der Waals surface area contributed by atoms with Crippen LogP contribution in [0.15, 0.2) is 60.7 Å². The quantitative estimate of drug-likeness (QED) is 0.690. The summed E-state index contributed by atoms with van der Waals surface area (Å²) in [6.07, 6.45) is 2.43. The maximum absolute atomic E-state index is 2.25. The van der Waals surface area contributed by atoms with E-state index in [0.717, 1.165) is 0 Å². The standard InChI is InChI=1S/C16H18/c1-2-9-16(14-10-5-3-6-11-14)15-12-7-4-8-13-15/h3-8,10-13,16H,2,9H2,1H3. The minimum Gasteiger partial charge on any atom is -0.0653 e. The first-order chi connectivity index (χ1) is 7.92. The summed E-state index contributed by atoms with van der Waals surface area (Å²) >= 11 is 0. The number of hydrogen-bond acceptors (Lipinski definition) is 0. The highest BCUT2D eigenvalue weighted by molar-refractivity contribution is 5.32. The largest absolute Gasteiger partial charge is 0.0653 e. The molecule has 0 N–H and O–H groups in total. The van der Waals surface area contributed by atoms with E-state index in [1.807, 2.05) is 0 Å². The van der Waals surface area contributed by atoms with Crippen LogP contribution in [0.2, 0.25) is 0 Å². The predicted molar refractivity (Wildman–Crippen MR) is 69.6 cm³/mol. The fourth-order valence-electron chi connectivity index (χ4n) is 2.19. The van der Waals surface area contributed by atoms with Gasteiger partial charge in [-0.3, -0.25) is 0 Å². The molecular weight excluding hydrogens is 192 g/mol. The summed E-state index contributed by atoms with van der Waals surface area (Å²) in [5.41, 5.74) is 2.85. The normalized spacial score (nSPS) is 10.6. The molecule has 2 rings (SSSR count). The highest BCUT2D eigenvalue weighted by Crippen LogP contribution is 2.28. The van der Waals surface area contributed by atoms with Gasteiger partial charge in [0.15, 0.2) is 0 Å². The molecule has 0 aliphatic rings. The van der Waals surface area contributed by atoms with E-state index in [1.54, 1.807) is 0 Å². The number of benzene rings is 2. The van der Waals surface area contributed by atoms with E-state index in [9.17, 15) is 0 Å². The van der Waals surface area contributed by atoms with Gasteiger partial charge in [-0.05, 0) is 17.5 Å². The van der Waals surface area contributed by atoms with Crippen LogP contribution in [0.3, 0.4) is 0 Å². The molecule has 0 spiro atoms. The van der Waals surface area contributed by atoms with E-state index in [4.69, 9.17) is 0 Å². The van der Waals surface area contributed by atoms with Crippen molar-refractivity contribution in [3.63, 3.8) is 0 Å². The van der Waals surface area contributed by atoms with E-state index < -0.39 is 0 Å². The fourth-order valence-corrected chi connectivity index (χ4v) is 2.19. The molecule has 0 saturated carbocycles. The second kappa shape index (κ2) is 5.50. The summed E-state index contributed by atoms with van der Waals surface area (Å²) < 4.78 is 0. The molecule has 2 aromatic carbocycles. The molecule has 0 aromatic heterocycles. The molecule has 0 unspecified atom stereocenters. The van der Waals surface area contributed by atoms with Gasteiger partial charge in [-0.2, -0.15) is 0 Å².